The van der Waals surface area contributed by atoms with Gasteiger partial charge in [0.2, 0.25) is 0 Å². The minimum atomic E-state index is 0.238. The zero-order valence-corrected chi connectivity index (χ0v) is 14.6. The number of carbonyl (C=O) groups is 1. The number of aldehydes is 1. The van der Waals surface area contributed by atoms with Gasteiger partial charge in [-0.3, -0.25) is 4.79 Å². The third kappa shape index (κ3) is 11.1. The fraction of sp³-hybridized carbons (Fsp3) is 0.611. The molecule has 6 heteroatoms. The van der Waals surface area contributed by atoms with Gasteiger partial charge in [0.15, 0.2) is 0 Å². The van der Waals surface area contributed by atoms with Gasteiger partial charge in [-0.25, -0.2) is 0 Å². The molecule has 1 aromatic rings. The third-order valence-electron chi connectivity index (χ3n) is 2.94. The van der Waals surface area contributed by atoms with Crippen LogP contribution in [-0.4, -0.2) is 65.2 Å². The lowest BCUT2D eigenvalue weighted by molar-refractivity contribution is -0.0134. The Hall–Kier alpha value is -1.47. The van der Waals surface area contributed by atoms with Gasteiger partial charge in [0.05, 0.1) is 52.4 Å². The van der Waals surface area contributed by atoms with Gasteiger partial charge in [-0.1, -0.05) is 0 Å². The number of hydrogen-bond donors (Lipinski definition) is 0. The summed E-state index contributed by atoms with van der Waals surface area (Å²) in [6, 6.07) is 6.96. The van der Waals surface area contributed by atoms with Crippen molar-refractivity contribution in [2.45, 2.75) is 20.0 Å². The fourth-order valence-electron chi connectivity index (χ4n) is 1.75. The molecule has 0 radical (unpaired) electrons. The van der Waals surface area contributed by atoms with Crippen LogP contribution < -0.4 is 4.74 Å². The van der Waals surface area contributed by atoms with Gasteiger partial charge >= 0.3 is 0 Å². The first-order valence-electron chi connectivity index (χ1n) is 8.25. The summed E-state index contributed by atoms with van der Waals surface area (Å²) in [5, 5.41) is 0. The van der Waals surface area contributed by atoms with E-state index in [1.807, 2.05) is 13.8 Å². The Morgan fingerprint density at radius 1 is 0.792 bits per heavy atom. The van der Waals surface area contributed by atoms with Crippen LogP contribution in [0, 0.1) is 0 Å². The maximum atomic E-state index is 10.5. The molecule has 1 rings (SSSR count). The molecule has 0 saturated carbocycles. The second-order valence-corrected chi connectivity index (χ2v) is 5.29. The largest absolute Gasteiger partial charge is 0.491 e. The molecule has 0 spiro atoms. The smallest absolute Gasteiger partial charge is 0.150 e. The number of rotatable bonds is 15. The topological polar surface area (TPSA) is 63.2 Å². The van der Waals surface area contributed by atoms with Crippen LogP contribution in [0.5, 0.6) is 5.75 Å². The summed E-state index contributed by atoms with van der Waals surface area (Å²) >= 11 is 0. The van der Waals surface area contributed by atoms with E-state index in [1.165, 1.54) is 0 Å². The minimum Gasteiger partial charge on any atom is -0.491 e. The molecule has 0 aliphatic carbocycles. The van der Waals surface area contributed by atoms with Crippen LogP contribution >= 0.6 is 0 Å². The van der Waals surface area contributed by atoms with Crippen LogP contribution in [-0.2, 0) is 18.9 Å². The monoisotopic (exact) mass is 340 g/mol. The van der Waals surface area contributed by atoms with Gasteiger partial charge in [-0.15, -0.1) is 0 Å². The molecule has 0 aromatic heterocycles. The number of carbonyl (C=O) groups excluding carboxylic acids is 1. The Morgan fingerprint density at radius 3 is 1.79 bits per heavy atom. The van der Waals surface area contributed by atoms with Crippen molar-refractivity contribution in [3.8, 4) is 5.75 Å². The molecule has 0 atom stereocenters. The van der Waals surface area contributed by atoms with Crippen molar-refractivity contribution >= 4 is 6.29 Å². The molecule has 0 aliphatic rings. The average molecular weight is 340 g/mol. The summed E-state index contributed by atoms with van der Waals surface area (Å²) in [5.41, 5.74) is 0.632. The van der Waals surface area contributed by atoms with Gasteiger partial charge in [0.25, 0.3) is 0 Å². The Morgan fingerprint density at radius 2 is 1.29 bits per heavy atom. The van der Waals surface area contributed by atoms with E-state index in [2.05, 4.69) is 0 Å². The lowest BCUT2D eigenvalue weighted by atomic mass is 10.2. The van der Waals surface area contributed by atoms with E-state index < -0.39 is 0 Å². The average Bonchev–Trinajstić information content (AvgIpc) is 2.59. The molecule has 0 N–H and O–H groups in total. The normalized spacial score (nSPS) is 11.0. The predicted octanol–water partition coefficient (Wildman–Crippen LogP) is 2.35. The van der Waals surface area contributed by atoms with Crippen LogP contribution in [0.3, 0.4) is 0 Å². The van der Waals surface area contributed by atoms with Crippen molar-refractivity contribution in [3.63, 3.8) is 0 Å². The summed E-state index contributed by atoms with van der Waals surface area (Å²) in [6.07, 6.45) is 1.04. The molecule has 0 bridgehead atoms. The fourth-order valence-corrected chi connectivity index (χ4v) is 1.75. The molecule has 6 nitrogen and oxygen atoms in total. The maximum absolute atomic E-state index is 10.5. The van der Waals surface area contributed by atoms with Gasteiger partial charge < -0.3 is 23.7 Å². The zero-order valence-electron chi connectivity index (χ0n) is 14.6. The molecule has 1 aromatic carbocycles. The number of ether oxygens (including phenoxy) is 5. The van der Waals surface area contributed by atoms with Crippen molar-refractivity contribution in [3.05, 3.63) is 29.8 Å². The van der Waals surface area contributed by atoms with Gasteiger partial charge in [0, 0.05) is 5.56 Å². The number of benzene rings is 1. The highest BCUT2D eigenvalue weighted by atomic mass is 16.6. The van der Waals surface area contributed by atoms with E-state index in [4.69, 9.17) is 23.7 Å². The first-order valence-corrected chi connectivity index (χ1v) is 8.25. The van der Waals surface area contributed by atoms with Crippen molar-refractivity contribution < 1.29 is 28.5 Å². The third-order valence-corrected chi connectivity index (χ3v) is 2.94. The first kappa shape index (κ1) is 20.6. The minimum absolute atomic E-state index is 0.238. The molecule has 136 valence electrons. The standard InChI is InChI=1S/C18H28O6/c1-16(2)23-13-11-21-9-7-20-8-10-22-12-14-24-18-5-3-17(15-19)4-6-18/h3-6,15-16H,7-14H2,1-2H3. The van der Waals surface area contributed by atoms with Crippen LogP contribution in [0.15, 0.2) is 24.3 Å². The van der Waals surface area contributed by atoms with Gasteiger partial charge in [0.1, 0.15) is 18.6 Å². The second-order valence-electron chi connectivity index (χ2n) is 5.29. The van der Waals surface area contributed by atoms with E-state index in [-0.39, 0.29) is 6.10 Å². The lowest BCUT2D eigenvalue weighted by Crippen LogP contribution is -2.14. The Kier molecular flexibility index (Phi) is 11.9. The van der Waals surface area contributed by atoms with E-state index in [9.17, 15) is 4.79 Å². The van der Waals surface area contributed by atoms with Gasteiger partial charge in [-0.05, 0) is 38.1 Å². The molecule has 0 saturated heterocycles. The van der Waals surface area contributed by atoms with Crippen molar-refractivity contribution in [1.29, 1.82) is 0 Å². The van der Waals surface area contributed by atoms with Crippen molar-refractivity contribution in [1.82, 2.24) is 0 Å². The van der Waals surface area contributed by atoms with Crippen molar-refractivity contribution in [2.75, 3.05) is 52.9 Å². The molecule has 0 aliphatic heterocycles. The van der Waals surface area contributed by atoms with Crippen LogP contribution in [0.1, 0.15) is 24.2 Å². The molecule has 0 heterocycles. The predicted molar refractivity (Wildman–Crippen MR) is 90.9 cm³/mol. The van der Waals surface area contributed by atoms with Crippen LogP contribution in [0.4, 0.5) is 0 Å². The highest BCUT2D eigenvalue weighted by Crippen LogP contribution is 2.10. The summed E-state index contributed by atoms with van der Waals surface area (Å²) in [7, 11) is 0. The Labute approximate surface area is 144 Å². The summed E-state index contributed by atoms with van der Waals surface area (Å²) in [4.78, 5) is 10.5. The van der Waals surface area contributed by atoms with Gasteiger partial charge in [-0.2, -0.15) is 0 Å². The highest BCUT2D eigenvalue weighted by Gasteiger charge is 1.96. The van der Waals surface area contributed by atoms with E-state index >= 15 is 0 Å². The highest BCUT2D eigenvalue weighted by molar-refractivity contribution is 5.74. The van der Waals surface area contributed by atoms with E-state index in [0.29, 0.717) is 58.4 Å². The zero-order chi connectivity index (χ0) is 17.5. The van der Waals surface area contributed by atoms with E-state index in [0.717, 1.165) is 12.0 Å². The second kappa shape index (κ2) is 13.9. The molecule has 0 unspecified atom stereocenters. The molecular formula is C18H28O6. The Bertz CT molecular complexity index is 418. The first-order chi connectivity index (χ1) is 11.7. The molecular weight excluding hydrogens is 312 g/mol. The van der Waals surface area contributed by atoms with Crippen LogP contribution in [0.25, 0.3) is 0 Å². The molecule has 24 heavy (non-hydrogen) atoms. The quantitative estimate of drug-likeness (QED) is 0.361. The molecule has 0 amide bonds. The Balaban J connectivity index is 1.82. The maximum Gasteiger partial charge on any atom is 0.150 e. The SMILES string of the molecule is CC(C)OCCOCCOCCOCCOc1ccc(C=O)cc1. The van der Waals surface area contributed by atoms with Crippen molar-refractivity contribution in [2.24, 2.45) is 0 Å². The number of hydrogen-bond acceptors (Lipinski definition) is 6. The lowest BCUT2D eigenvalue weighted by Gasteiger charge is -2.09. The summed E-state index contributed by atoms with van der Waals surface area (Å²) in [5.74, 6) is 0.721. The van der Waals surface area contributed by atoms with E-state index in [1.54, 1.807) is 24.3 Å². The summed E-state index contributed by atoms with van der Waals surface area (Å²) in [6.45, 7) is 8.29. The molecule has 0 fully saturated rings. The summed E-state index contributed by atoms with van der Waals surface area (Å²) < 4.78 is 27.0. The van der Waals surface area contributed by atoms with Crippen LogP contribution in [0.2, 0.25) is 0 Å².